The zero-order valence-electron chi connectivity index (χ0n) is 19.5. The summed E-state index contributed by atoms with van der Waals surface area (Å²) >= 11 is 7.03. The Labute approximate surface area is 217 Å². The van der Waals surface area contributed by atoms with Crippen molar-refractivity contribution >= 4 is 52.5 Å². The van der Waals surface area contributed by atoms with Crippen LogP contribution in [0.1, 0.15) is 29.3 Å². The van der Waals surface area contributed by atoms with Crippen LogP contribution in [0.5, 0.6) is 0 Å². The van der Waals surface area contributed by atoms with Gasteiger partial charge in [-0.1, -0.05) is 60.1 Å². The van der Waals surface area contributed by atoms with Gasteiger partial charge in [-0.05, 0) is 55.8 Å². The second-order valence-electron chi connectivity index (χ2n) is 7.97. The predicted octanol–water partition coefficient (Wildman–Crippen LogP) is 6.34. The highest BCUT2D eigenvalue weighted by Gasteiger charge is 2.41. The van der Waals surface area contributed by atoms with Gasteiger partial charge in [-0.3, -0.25) is 9.59 Å². The van der Waals surface area contributed by atoms with Crippen LogP contribution in [-0.2, 0) is 14.3 Å². The first-order valence-electron chi connectivity index (χ1n) is 11.2. The lowest BCUT2D eigenvalue weighted by molar-refractivity contribution is -0.120. The van der Waals surface area contributed by atoms with Gasteiger partial charge in [0.1, 0.15) is 16.4 Å². The van der Waals surface area contributed by atoms with Gasteiger partial charge in [0.15, 0.2) is 0 Å². The number of carbonyl (C=O) groups excluding carboxylic acids is 3. The molecule has 1 aliphatic heterocycles. The Bertz CT molecular complexity index is 1370. The second-order valence-corrected chi connectivity index (χ2v) is 9.46. The fraction of sp³-hybridized carbons (Fsp3) is 0.148. The van der Waals surface area contributed by atoms with Crippen LogP contribution in [0, 0.1) is 12.7 Å². The number of hydrogen-bond acceptors (Lipinski definition) is 6. The topological polar surface area (TPSA) is 75.7 Å². The summed E-state index contributed by atoms with van der Waals surface area (Å²) in [6.45, 7) is 4.02. The smallest absolute Gasteiger partial charge is 0.340 e. The highest BCUT2D eigenvalue weighted by atomic mass is 35.5. The molecule has 6 nitrogen and oxygen atoms in total. The number of halogens is 2. The number of rotatable bonds is 8. The third kappa shape index (κ3) is 5.29. The number of thioether (sulfide) groups is 1. The molecule has 184 valence electrons. The monoisotopic (exact) mass is 524 g/mol. The van der Waals surface area contributed by atoms with E-state index >= 15 is 0 Å². The molecular weight excluding hydrogens is 503 g/mol. The zero-order chi connectivity index (χ0) is 25.8. The van der Waals surface area contributed by atoms with Crippen molar-refractivity contribution in [1.82, 2.24) is 0 Å². The summed E-state index contributed by atoms with van der Waals surface area (Å²) in [6, 6.07) is 17.7. The lowest BCUT2D eigenvalue weighted by Gasteiger charge is -2.18. The van der Waals surface area contributed by atoms with E-state index in [4.69, 9.17) is 16.3 Å². The molecule has 4 rings (SSSR count). The summed E-state index contributed by atoms with van der Waals surface area (Å²) in [5.41, 5.74) is 1.58. The number of carbonyl (C=O) groups is 3. The number of imide groups is 1. The van der Waals surface area contributed by atoms with Gasteiger partial charge >= 0.3 is 5.97 Å². The maximum Gasteiger partial charge on any atom is 0.340 e. The number of ether oxygens (including phenoxy) is 1. The zero-order valence-corrected chi connectivity index (χ0v) is 21.1. The Balaban J connectivity index is 1.76. The minimum Gasteiger partial charge on any atom is -0.462 e. The van der Waals surface area contributed by atoms with Crippen molar-refractivity contribution in [3.05, 3.63) is 99.3 Å². The number of amides is 2. The summed E-state index contributed by atoms with van der Waals surface area (Å²) in [5.74, 6) is -2.50. The highest BCUT2D eigenvalue weighted by molar-refractivity contribution is 8.04. The standard InChI is InChI=1S/C27H22ClFN2O4S/c1-3-14-35-27(34)19-6-4-5-7-22(19)31-25(32)23(30-17-10-13-21(29)20(28)15-17)24(26(31)33)36-18-11-8-16(2)9-12-18/h4-13,15,30H,3,14H2,1-2H3. The molecule has 0 bridgehead atoms. The van der Waals surface area contributed by atoms with Gasteiger partial charge in [-0.25, -0.2) is 14.1 Å². The molecule has 0 atom stereocenters. The summed E-state index contributed by atoms with van der Waals surface area (Å²) in [7, 11) is 0. The van der Waals surface area contributed by atoms with Gasteiger partial charge < -0.3 is 10.1 Å². The van der Waals surface area contributed by atoms with Crippen LogP contribution in [0.4, 0.5) is 15.8 Å². The van der Waals surface area contributed by atoms with Crippen molar-refractivity contribution in [2.24, 2.45) is 0 Å². The van der Waals surface area contributed by atoms with E-state index in [0.717, 1.165) is 33.2 Å². The maximum absolute atomic E-state index is 13.7. The number of nitrogens with one attached hydrogen (secondary N) is 1. The van der Waals surface area contributed by atoms with Crippen molar-refractivity contribution in [3.8, 4) is 0 Å². The Hall–Kier alpha value is -3.62. The molecule has 0 saturated carbocycles. The van der Waals surface area contributed by atoms with Gasteiger partial charge in [0.2, 0.25) is 0 Å². The van der Waals surface area contributed by atoms with Gasteiger partial charge in [0.25, 0.3) is 11.8 Å². The molecule has 2 amide bonds. The predicted molar refractivity (Wildman–Crippen MR) is 139 cm³/mol. The molecule has 9 heteroatoms. The number of para-hydroxylation sites is 1. The number of hydrogen-bond donors (Lipinski definition) is 1. The minimum absolute atomic E-state index is 0.00928. The van der Waals surface area contributed by atoms with Crippen molar-refractivity contribution in [1.29, 1.82) is 0 Å². The van der Waals surface area contributed by atoms with E-state index in [1.54, 1.807) is 12.1 Å². The van der Waals surface area contributed by atoms with Crippen LogP contribution >= 0.6 is 23.4 Å². The molecule has 3 aromatic carbocycles. The largest absolute Gasteiger partial charge is 0.462 e. The third-order valence-corrected chi connectivity index (χ3v) is 6.65. The van der Waals surface area contributed by atoms with Crippen LogP contribution in [0.15, 0.2) is 82.2 Å². The van der Waals surface area contributed by atoms with Gasteiger partial charge in [0, 0.05) is 10.6 Å². The van der Waals surface area contributed by atoms with Gasteiger partial charge in [0.05, 0.1) is 22.9 Å². The average molecular weight is 525 g/mol. The first kappa shape index (κ1) is 25.5. The van der Waals surface area contributed by atoms with Crippen molar-refractivity contribution < 1.29 is 23.5 Å². The number of esters is 1. The Kier molecular flexibility index (Phi) is 7.76. The van der Waals surface area contributed by atoms with Gasteiger partial charge in [-0.15, -0.1) is 0 Å². The van der Waals surface area contributed by atoms with E-state index in [9.17, 15) is 18.8 Å². The highest BCUT2D eigenvalue weighted by Crippen LogP contribution is 2.39. The maximum atomic E-state index is 13.7. The molecule has 3 aromatic rings. The fourth-order valence-corrected chi connectivity index (χ4v) is 4.60. The molecule has 0 aromatic heterocycles. The molecule has 0 aliphatic carbocycles. The third-order valence-electron chi connectivity index (χ3n) is 5.27. The number of nitrogens with zero attached hydrogens (tertiary/aromatic N) is 1. The van der Waals surface area contributed by atoms with E-state index in [2.05, 4.69) is 5.32 Å². The summed E-state index contributed by atoms with van der Waals surface area (Å²) in [4.78, 5) is 41.8. The molecule has 0 fully saturated rings. The van der Waals surface area contributed by atoms with Gasteiger partial charge in [-0.2, -0.15) is 0 Å². The van der Waals surface area contributed by atoms with E-state index < -0.39 is 23.6 Å². The minimum atomic E-state index is -0.661. The second kappa shape index (κ2) is 11.0. The first-order valence-corrected chi connectivity index (χ1v) is 12.4. The van der Waals surface area contributed by atoms with Crippen LogP contribution < -0.4 is 10.2 Å². The Morgan fingerprint density at radius 3 is 2.47 bits per heavy atom. The van der Waals surface area contributed by atoms with Crippen molar-refractivity contribution in [3.63, 3.8) is 0 Å². The van der Waals surface area contributed by atoms with Crippen LogP contribution in [0.3, 0.4) is 0 Å². The SMILES string of the molecule is CCCOC(=O)c1ccccc1N1C(=O)C(Nc2ccc(F)c(Cl)c2)=C(Sc2ccc(C)cc2)C1=O. The first-order chi connectivity index (χ1) is 17.3. The van der Waals surface area contributed by atoms with Crippen LogP contribution in [0.2, 0.25) is 5.02 Å². The van der Waals surface area contributed by atoms with E-state index in [1.165, 1.54) is 24.3 Å². The lowest BCUT2D eigenvalue weighted by atomic mass is 10.1. The molecule has 0 radical (unpaired) electrons. The number of aryl methyl sites for hydroxylation is 1. The lowest BCUT2D eigenvalue weighted by Crippen LogP contribution is -2.33. The normalized spacial score (nSPS) is 13.4. The number of anilines is 2. The molecule has 1 heterocycles. The molecule has 0 spiro atoms. The fourth-order valence-electron chi connectivity index (χ4n) is 3.49. The Morgan fingerprint density at radius 2 is 1.78 bits per heavy atom. The number of benzene rings is 3. The van der Waals surface area contributed by atoms with E-state index in [0.29, 0.717) is 12.1 Å². The van der Waals surface area contributed by atoms with Crippen LogP contribution in [-0.4, -0.2) is 24.4 Å². The molecular formula is C27H22ClFN2O4S. The summed E-state index contributed by atoms with van der Waals surface area (Å²) in [5, 5.41) is 2.80. The molecule has 0 saturated heterocycles. The molecule has 1 aliphatic rings. The quantitative estimate of drug-likeness (QED) is 0.273. The molecule has 1 N–H and O–H groups in total. The van der Waals surface area contributed by atoms with E-state index in [1.807, 2.05) is 38.1 Å². The van der Waals surface area contributed by atoms with E-state index in [-0.39, 0.29) is 33.5 Å². The Morgan fingerprint density at radius 1 is 1.06 bits per heavy atom. The van der Waals surface area contributed by atoms with Crippen molar-refractivity contribution in [2.45, 2.75) is 25.2 Å². The average Bonchev–Trinajstić information content (AvgIpc) is 3.09. The molecule has 36 heavy (non-hydrogen) atoms. The molecule has 0 unspecified atom stereocenters. The van der Waals surface area contributed by atoms with Crippen LogP contribution in [0.25, 0.3) is 0 Å². The summed E-state index contributed by atoms with van der Waals surface area (Å²) in [6.07, 6.45) is 0.628. The summed E-state index contributed by atoms with van der Waals surface area (Å²) < 4.78 is 18.9. The van der Waals surface area contributed by atoms with Crippen molar-refractivity contribution in [2.75, 3.05) is 16.8 Å².